The molecule has 0 aliphatic carbocycles. The normalized spacial score (nSPS) is 13.9. The number of anilines is 2. The van der Waals surface area contributed by atoms with Gasteiger partial charge in [-0.15, -0.1) is 0 Å². The second kappa shape index (κ2) is 8.58. The van der Waals surface area contributed by atoms with E-state index in [2.05, 4.69) is 5.32 Å². The van der Waals surface area contributed by atoms with Gasteiger partial charge in [0, 0.05) is 25.2 Å². The van der Waals surface area contributed by atoms with E-state index >= 15 is 0 Å². The third kappa shape index (κ3) is 4.58. The fourth-order valence-corrected chi connectivity index (χ4v) is 3.20. The first-order valence-electron chi connectivity index (χ1n) is 9.18. The minimum Gasteiger partial charge on any atom is -0.465 e. The maximum atomic E-state index is 12.7. The van der Waals surface area contributed by atoms with Gasteiger partial charge in [0.15, 0.2) is 0 Å². The van der Waals surface area contributed by atoms with Gasteiger partial charge in [0.1, 0.15) is 0 Å². The first-order chi connectivity index (χ1) is 13.1. The van der Waals surface area contributed by atoms with Gasteiger partial charge in [0.25, 0.3) is 5.91 Å². The van der Waals surface area contributed by atoms with Crippen LogP contribution in [0.5, 0.6) is 0 Å². The van der Waals surface area contributed by atoms with Crippen LogP contribution in [0, 0.1) is 0 Å². The summed E-state index contributed by atoms with van der Waals surface area (Å²) in [5.74, 6) is -0.303. The summed E-state index contributed by atoms with van der Waals surface area (Å²) in [5, 5.41) is 3.28. The Bertz CT molecular complexity index is 812. The molecule has 0 spiro atoms. The molecule has 1 fully saturated rings. The fourth-order valence-electron chi connectivity index (χ4n) is 3.20. The number of hydrogen-bond donors (Lipinski definition) is 2. The number of amides is 1. The van der Waals surface area contributed by atoms with E-state index in [1.165, 1.54) is 13.5 Å². The van der Waals surface area contributed by atoms with Crippen molar-refractivity contribution in [2.45, 2.75) is 25.8 Å². The number of methoxy groups -OCH3 is 1. The highest BCUT2D eigenvalue weighted by Crippen LogP contribution is 2.23. The zero-order chi connectivity index (χ0) is 19.2. The number of esters is 1. The van der Waals surface area contributed by atoms with Crippen LogP contribution in [0.2, 0.25) is 0 Å². The molecule has 6 heteroatoms. The number of benzene rings is 2. The molecule has 2 aromatic carbocycles. The molecule has 0 unspecified atom stereocenters. The molecule has 1 aliphatic heterocycles. The number of nitrogens with two attached hydrogens (primary N) is 1. The molecule has 1 aliphatic rings. The number of nitrogens with one attached hydrogen (secondary N) is 1. The number of carbonyl (C=O) groups excluding carboxylic acids is 2. The van der Waals surface area contributed by atoms with Crippen molar-refractivity contribution in [2.24, 2.45) is 0 Å². The Balaban J connectivity index is 1.67. The van der Waals surface area contributed by atoms with E-state index in [-0.39, 0.29) is 11.9 Å². The second-order valence-corrected chi connectivity index (χ2v) is 6.70. The van der Waals surface area contributed by atoms with Crippen LogP contribution in [0.3, 0.4) is 0 Å². The van der Waals surface area contributed by atoms with Crippen molar-refractivity contribution in [2.75, 3.05) is 31.2 Å². The number of nitrogen functional groups attached to an aromatic ring is 1. The van der Waals surface area contributed by atoms with Crippen LogP contribution in [-0.4, -0.2) is 37.0 Å². The zero-order valence-electron chi connectivity index (χ0n) is 15.5. The highest BCUT2D eigenvalue weighted by molar-refractivity contribution is 5.96. The topological polar surface area (TPSA) is 84.7 Å². The number of nitrogens with zero attached hydrogens (tertiary/aromatic N) is 1. The molecule has 1 amide bonds. The maximum Gasteiger partial charge on any atom is 0.337 e. The van der Waals surface area contributed by atoms with Gasteiger partial charge in [0.05, 0.1) is 24.0 Å². The first-order valence-corrected chi connectivity index (χ1v) is 9.18. The van der Waals surface area contributed by atoms with Crippen LogP contribution in [0.4, 0.5) is 11.4 Å². The summed E-state index contributed by atoms with van der Waals surface area (Å²) in [6.07, 6.45) is 3.31. The summed E-state index contributed by atoms with van der Waals surface area (Å²) in [4.78, 5) is 26.1. The van der Waals surface area contributed by atoms with Gasteiger partial charge in [0.2, 0.25) is 0 Å². The van der Waals surface area contributed by atoms with Crippen molar-refractivity contribution in [3.63, 3.8) is 0 Å². The molecule has 1 saturated heterocycles. The van der Waals surface area contributed by atoms with Crippen molar-refractivity contribution in [3.05, 3.63) is 59.2 Å². The minimum atomic E-state index is -0.359. The Kier molecular flexibility index (Phi) is 5.96. The molecular weight excluding hydrogens is 342 g/mol. The lowest BCUT2D eigenvalue weighted by molar-refractivity contribution is 0.0600. The van der Waals surface area contributed by atoms with Crippen molar-refractivity contribution in [1.82, 2.24) is 4.90 Å². The summed E-state index contributed by atoms with van der Waals surface area (Å²) in [7, 11) is 1.36. The molecule has 0 atom stereocenters. The lowest BCUT2D eigenvalue weighted by Gasteiger charge is -2.27. The molecule has 6 nitrogen and oxygen atoms in total. The number of ether oxygens (including phenoxy) is 1. The van der Waals surface area contributed by atoms with Crippen LogP contribution in [0.15, 0.2) is 42.5 Å². The minimum absolute atomic E-state index is 0.0557. The summed E-state index contributed by atoms with van der Waals surface area (Å²) in [6.45, 7) is 2.17. The van der Waals surface area contributed by atoms with Crippen LogP contribution in [0.25, 0.3) is 0 Å². The van der Waals surface area contributed by atoms with Crippen molar-refractivity contribution in [3.8, 4) is 0 Å². The number of hydrogen-bond acceptors (Lipinski definition) is 5. The van der Waals surface area contributed by atoms with Crippen LogP contribution in [-0.2, 0) is 11.3 Å². The lowest BCUT2D eigenvalue weighted by atomic mass is 10.1. The van der Waals surface area contributed by atoms with Gasteiger partial charge in [-0.05, 0) is 55.2 Å². The van der Waals surface area contributed by atoms with E-state index in [1.54, 1.807) is 24.3 Å². The summed E-state index contributed by atoms with van der Waals surface area (Å²) in [6, 6.07) is 12.5. The van der Waals surface area contributed by atoms with Gasteiger partial charge >= 0.3 is 5.97 Å². The summed E-state index contributed by atoms with van der Waals surface area (Å²) in [5.41, 5.74) is 9.54. The average molecular weight is 367 g/mol. The van der Waals surface area contributed by atoms with Gasteiger partial charge < -0.3 is 20.7 Å². The summed E-state index contributed by atoms with van der Waals surface area (Å²) < 4.78 is 4.70. The van der Waals surface area contributed by atoms with Crippen molar-refractivity contribution in [1.29, 1.82) is 0 Å². The quantitative estimate of drug-likeness (QED) is 0.626. The molecule has 2 aromatic rings. The van der Waals surface area contributed by atoms with Crippen LogP contribution >= 0.6 is 0 Å². The third-order valence-corrected chi connectivity index (χ3v) is 4.80. The van der Waals surface area contributed by atoms with Crippen LogP contribution in [0.1, 0.15) is 45.5 Å². The molecule has 27 heavy (non-hydrogen) atoms. The van der Waals surface area contributed by atoms with E-state index in [1.807, 2.05) is 23.1 Å². The first kappa shape index (κ1) is 18.8. The number of piperidine rings is 1. The van der Waals surface area contributed by atoms with E-state index in [0.29, 0.717) is 23.4 Å². The van der Waals surface area contributed by atoms with Gasteiger partial charge in [-0.25, -0.2) is 4.79 Å². The largest absolute Gasteiger partial charge is 0.465 e. The van der Waals surface area contributed by atoms with E-state index in [4.69, 9.17) is 10.5 Å². The Hall–Kier alpha value is -3.02. The monoisotopic (exact) mass is 367 g/mol. The molecule has 1 heterocycles. The molecule has 3 N–H and O–H groups in total. The van der Waals surface area contributed by atoms with Gasteiger partial charge in [-0.1, -0.05) is 12.1 Å². The predicted octanol–water partition coefficient (Wildman–Crippen LogP) is 3.29. The Morgan fingerprint density at radius 1 is 1.04 bits per heavy atom. The standard InChI is InChI=1S/C21H25N3O3/c1-27-21(26)16-7-5-15(6-8-16)14-23-19-13-17(9-10-18(19)22)20(25)24-11-3-2-4-12-24/h5-10,13,23H,2-4,11-12,14,22H2,1H3. The number of rotatable bonds is 5. The molecule has 0 radical (unpaired) electrons. The average Bonchev–Trinajstić information content (AvgIpc) is 2.73. The molecule has 0 aromatic heterocycles. The van der Waals surface area contributed by atoms with Gasteiger partial charge in [-0.2, -0.15) is 0 Å². The fraction of sp³-hybridized carbons (Fsp3) is 0.333. The Morgan fingerprint density at radius 2 is 1.70 bits per heavy atom. The molecule has 142 valence electrons. The van der Waals surface area contributed by atoms with E-state index < -0.39 is 0 Å². The maximum absolute atomic E-state index is 12.7. The molecule has 0 saturated carbocycles. The highest BCUT2D eigenvalue weighted by Gasteiger charge is 2.18. The van der Waals surface area contributed by atoms with Gasteiger partial charge in [-0.3, -0.25) is 4.79 Å². The number of likely N-dealkylation sites (tertiary alicyclic amines) is 1. The SMILES string of the molecule is COC(=O)c1ccc(CNc2cc(C(=O)N3CCCCC3)ccc2N)cc1. The Morgan fingerprint density at radius 3 is 2.37 bits per heavy atom. The third-order valence-electron chi connectivity index (χ3n) is 4.80. The smallest absolute Gasteiger partial charge is 0.337 e. The summed E-state index contributed by atoms with van der Waals surface area (Å²) >= 11 is 0. The molecule has 3 rings (SSSR count). The van der Waals surface area contributed by atoms with Crippen molar-refractivity contribution < 1.29 is 14.3 Å². The molecular formula is C21H25N3O3. The number of carbonyl (C=O) groups is 2. The van der Waals surface area contributed by atoms with E-state index in [0.717, 1.165) is 37.2 Å². The highest BCUT2D eigenvalue weighted by atomic mass is 16.5. The lowest BCUT2D eigenvalue weighted by Crippen LogP contribution is -2.35. The van der Waals surface area contributed by atoms with Crippen LogP contribution < -0.4 is 11.1 Å². The molecule has 0 bridgehead atoms. The van der Waals surface area contributed by atoms with Crippen molar-refractivity contribution >= 4 is 23.3 Å². The second-order valence-electron chi connectivity index (χ2n) is 6.70. The Labute approximate surface area is 159 Å². The predicted molar refractivity (Wildman–Crippen MR) is 106 cm³/mol. The zero-order valence-corrected chi connectivity index (χ0v) is 15.5. The van der Waals surface area contributed by atoms with E-state index in [9.17, 15) is 9.59 Å².